The molecule has 144 valence electrons. The standard InChI is InChI=1S/C24H20N2O3/c27-22-13-7-12-21(25-22)20-14-15-23(28-16-18-8-3-1-4-9-18)26-24(20)29-17-19-10-5-2-6-11-19/h1-15H,16-17H2,(H,25,27). The van der Waals surface area contributed by atoms with Crippen molar-refractivity contribution in [1.29, 1.82) is 0 Å². The van der Waals surface area contributed by atoms with Gasteiger partial charge in [0.1, 0.15) is 13.2 Å². The lowest BCUT2D eigenvalue weighted by atomic mass is 10.2. The lowest BCUT2D eigenvalue weighted by Crippen LogP contribution is -2.06. The molecular formula is C24H20N2O3. The highest BCUT2D eigenvalue weighted by Gasteiger charge is 2.12. The molecule has 4 rings (SSSR count). The van der Waals surface area contributed by atoms with Gasteiger partial charge in [-0.05, 0) is 23.3 Å². The van der Waals surface area contributed by atoms with Gasteiger partial charge in [-0.2, -0.15) is 4.98 Å². The molecule has 0 atom stereocenters. The fourth-order valence-corrected chi connectivity index (χ4v) is 2.88. The number of hydrogen-bond acceptors (Lipinski definition) is 4. The summed E-state index contributed by atoms with van der Waals surface area (Å²) in [6.45, 7) is 0.771. The van der Waals surface area contributed by atoms with E-state index in [1.165, 1.54) is 6.07 Å². The van der Waals surface area contributed by atoms with Gasteiger partial charge in [-0.15, -0.1) is 0 Å². The molecule has 0 aliphatic carbocycles. The molecule has 0 unspecified atom stereocenters. The number of nitrogens with one attached hydrogen (secondary N) is 1. The van der Waals surface area contributed by atoms with E-state index in [1.54, 1.807) is 12.1 Å². The number of hydrogen-bond donors (Lipinski definition) is 1. The number of benzene rings is 2. The highest BCUT2D eigenvalue weighted by molar-refractivity contribution is 5.65. The van der Waals surface area contributed by atoms with Gasteiger partial charge in [0.15, 0.2) is 0 Å². The summed E-state index contributed by atoms with van der Waals surface area (Å²) in [4.78, 5) is 19.1. The van der Waals surface area contributed by atoms with Crippen LogP contribution in [0.15, 0.2) is 95.8 Å². The summed E-state index contributed by atoms with van der Waals surface area (Å²) in [5.41, 5.74) is 3.24. The topological polar surface area (TPSA) is 64.2 Å². The third-order valence-electron chi connectivity index (χ3n) is 4.34. The SMILES string of the molecule is O=c1cccc(-c2ccc(OCc3ccccc3)nc2OCc2ccccc2)[nH]1. The second kappa shape index (κ2) is 8.89. The van der Waals surface area contributed by atoms with Crippen molar-refractivity contribution in [3.05, 3.63) is 112 Å². The summed E-state index contributed by atoms with van der Waals surface area (Å²) in [5.74, 6) is 0.861. The molecule has 4 aromatic rings. The van der Waals surface area contributed by atoms with Crippen molar-refractivity contribution in [2.75, 3.05) is 0 Å². The second-order valence-corrected chi connectivity index (χ2v) is 6.48. The molecule has 5 nitrogen and oxygen atoms in total. The molecule has 0 aliphatic heterocycles. The Labute approximate surface area is 168 Å². The summed E-state index contributed by atoms with van der Waals surface area (Å²) < 4.78 is 11.8. The van der Waals surface area contributed by atoms with Crippen LogP contribution in [0, 0.1) is 0 Å². The Balaban J connectivity index is 1.60. The fourth-order valence-electron chi connectivity index (χ4n) is 2.88. The van der Waals surface area contributed by atoms with Gasteiger partial charge in [-0.25, -0.2) is 0 Å². The van der Waals surface area contributed by atoms with Crippen LogP contribution in [-0.2, 0) is 13.2 Å². The molecule has 2 aromatic heterocycles. The molecule has 2 aromatic carbocycles. The molecule has 0 bridgehead atoms. The van der Waals surface area contributed by atoms with Gasteiger partial charge in [0.05, 0.1) is 11.3 Å². The summed E-state index contributed by atoms with van der Waals surface area (Å²) in [7, 11) is 0. The Morgan fingerprint density at radius 1 is 0.690 bits per heavy atom. The third-order valence-corrected chi connectivity index (χ3v) is 4.34. The van der Waals surface area contributed by atoms with Crippen LogP contribution in [0.25, 0.3) is 11.3 Å². The minimum Gasteiger partial charge on any atom is -0.473 e. The number of aromatic amines is 1. The van der Waals surface area contributed by atoms with Crippen molar-refractivity contribution in [3.8, 4) is 23.0 Å². The minimum atomic E-state index is -0.180. The number of aromatic nitrogens is 2. The van der Waals surface area contributed by atoms with Gasteiger partial charge < -0.3 is 14.5 Å². The molecule has 2 heterocycles. The van der Waals surface area contributed by atoms with Gasteiger partial charge in [0.2, 0.25) is 17.3 Å². The maximum Gasteiger partial charge on any atom is 0.248 e. The van der Waals surface area contributed by atoms with E-state index in [-0.39, 0.29) is 5.56 Å². The summed E-state index contributed by atoms with van der Waals surface area (Å²) in [6.07, 6.45) is 0. The molecule has 29 heavy (non-hydrogen) atoms. The van der Waals surface area contributed by atoms with E-state index < -0.39 is 0 Å². The lowest BCUT2D eigenvalue weighted by Gasteiger charge is -2.13. The zero-order valence-electron chi connectivity index (χ0n) is 15.7. The van der Waals surface area contributed by atoms with Crippen LogP contribution in [0.1, 0.15) is 11.1 Å². The van der Waals surface area contributed by atoms with Crippen molar-refractivity contribution < 1.29 is 9.47 Å². The lowest BCUT2D eigenvalue weighted by molar-refractivity contribution is 0.268. The summed E-state index contributed by atoms with van der Waals surface area (Å²) in [6, 6.07) is 28.4. The van der Waals surface area contributed by atoms with E-state index in [1.807, 2.05) is 72.8 Å². The predicted molar refractivity (Wildman–Crippen MR) is 112 cm³/mol. The van der Waals surface area contributed by atoms with E-state index in [0.717, 1.165) is 11.1 Å². The first kappa shape index (κ1) is 18.5. The van der Waals surface area contributed by atoms with E-state index in [0.29, 0.717) is 36.2 Å². The quantitative estimate of drug-likeness (QED) is 0.506. The van der Waals surface area contributed by atoms with E-state index in [4.69, 9.17) is 9.47 Å². The van der Waals surface area contributed by atoms with Crippen molar-refractivity contribution >= 4 is 0 Å². The van der Waals surface area contributed by atoms with Gasteiger partial charge in [-0.3, -0.25) is 4.79 Å². The Morgan fingerprint density at radius 2 is 1.34 bits per heavy atom. The Morgan fingerprint density at radius 3 is 2.00 bits per heavy atom. The summed E-state index contributed by atoms with van der Waals surface area (Å²) in [5, 5.41) is 0. The van der Waals surface area contributed by atoms with Crippen LogP contribution >= 0.6 is 0 Å². The Kier molecular flexibility index (Phi) is 5.67. The van der Waals surface area contributed by atoms with Crippen molar-refractivity contribution in [1.82, 2.24) is 9.97 Å². The summed E-state index contributed by atoms with van der Waals surface area (Å²) >= 11 is 0. The molecule has 1 N–H and O–H groups in total. The number of ether oxygens (including phenoxy) is 2. The maximum atomic E-state index is 11.7. The molecule has 0 radical (unpaired) electrons. The number of pyridine rings is 2. The van der Waals surface area contributed by atoms with Crippen molar-refractivity contribution in [3.63, 3.8) is 0 Å². The van der Waals surface area contributed by atoms with Gasteiger partial charge in [0, 0.05) is 12.1 Å². The molecular weight excluding hydrogens is 364 g/mol. The van der Waals surface area contributed by atoms with E-state index >= 15 is 0 Å². The molecule has 0 saturated carbocycles. The van der Waals surface area contributed by atoms with Crippen LogP contribution < -0.4 is 15.0 Å². The zero-order valence-corrected chi connectivity index (χ0v) is 15.7. The van der Waals surface area contributed by atoms with Gasteiger partial charge in [-0.1, -0.05) is 66.7 Å². The van der Waals surface area contributed by atoms with Crippen LogP contribution in [0.5, 0.6) is 11.8 Å². The normalized spacial score (nSPS) is 10.5. The van der Waals surface area contributed by atoms with Crippen molar-refractivity contribution in [2.24, 2.45) is 0 Å². The number of rotatable bonds is 7. The fraction of sp³-hybridized carbons (Fsp3) is 0.0833. The van der Waals surface area contributed by atoms with Crippen LogP contribution in [0.2, 0.25) is 0 Å². The smallest absolute Gasteiger partial charge is 0.248 e. The monoisotopic (exact) mass is 384 g/mol. The maximum absolute atomic E-state index is 11.7. The van der Waals surface area contributed by atoms with E-state index in [9.17, 15) is 4.79 Å². The van der Waals surface area contributed by atoms with E-state index in [2.05, 4.69) is 9.97 Å². The first-order valence-electron chi connectivity index (χ1n) is 9.32. The average molecular weight is 384 g/mol. The van der Waals surface area contributed by atoms with Gasteiger partial charge >= 0.3 is 0 Å². The second-order valence-electron chi connectivity index (χ2n) is 6.48. The third kappa shape index (κ3) is 4.90. The molecule has 0 amide bonds. The molecule has 0 aliphatic rings. The molecule has 0 fully saturated rings. The number of H-pyrrole nitrogens is 1. The average Bonchev–Trinajstić information content (AvgIpc) is 2.78. The van der Waals surface area contributed by atoms with Crippen LogP contribution in [-0.4, -0.2) is 9.97 Å². The Hall–Kier alpha value is -3.86. The molecule has 0 spiro atoms. The highest BCUT2D eigenvalue weighted by atomic mass is 16.5. The number of nitrogens with zero attached hydrogens (tertiary/aromatic N) is 1. The van der Waals surface area contributed by atoms with Gasteiger partial charge in [0.25, 0.3) is 0 Å². The minimum absolute atomic E-state index is 0.180. The predicted octanol–water partition coefficient (Wildman–Crippen LogP) is 4.59. The zero-order chi connectivity index (χ0) is 19.9. The molecule has 5 heteroatoms. The van der Waals surface area contributed by atoms with Crippen LogP contribution in [0.4, 0.5) is 0 Å². The highest BCUT2D eigenvalue weighted by Crippen LogP contribution is 2.29. The van der Waals surface area contributed by atoms with Crippen molar-refractivity contribution in [2.45, 2.75) is 13.2 Å². The largest absolute Gasteiger partial charge is 0.473 e. The van der Waals surface area contributed by atoms with Crippen LogP contribution in [0.3, 0.4) is 0 Å². The molecule has 0 saturated heterocycles. The first-order chi connectivity index (χ1) is 14.3. The first-order valence-corrected chi connectivity index (χ1v) is 9.32. The Bertz CT molecular complexity index is 1130.